The van der Waals surface area contributed by atoms with Crippen LogP contribution < -0.4 is 4.72 Å². The first kappa shape index (κ1) is 15.0. The molecular formula is C9H10N2O7S. The Bertz CT molecular complexity index is 598. The molecule has 0 spiro atoms. The van der Waals surface area contributed by atoms with Crippen LogP contribution in [0.4, 0.5) is 5.69 Å². The van der Waals surface area contributed by atoms with E-state index in [1.807, 2.05) is 0 Å². The van der Waals surface area contributed by atoms with Crippen molar-refractivity contribution < 1.29 is 28.3 Å². The fourth-order valence-electron chi connectivity index (χ4n) is 1.19. The molecule has 1 aromatic carbocycles. The van der Waals surface area contributed by atoms with Crippen molar-refractivity contribution >= 4 is 21.7 Å². The van der Waals surface area contributed by atoms with Gasteiger partial charge in [0.2, 0.25) is 10.0 Å². The molecule has 0 saturated heterocycles. The summed E-state index contributed by atoms with van der Waals surface area (Å²) in [5.74, 6) is -1.61. The Morgan fingerprint density at radius 2 is 2.00 bits per heavy atom. The second kappa shape index (κ2) is 5.73. The van der Waals surface area contributed by atoms with Gasteiger partial charge in [0.1, 0.15) is 0 Å². The molecule has 0 heterocycles. The van der Waals surface area contributed by atoms with Crippen molar-refractivity contribution in [1.29, 1.82) is 0 Å². The summed E-state index contributed by atoms with van der Waals surface area (Å²) >= 11 is 0. The summed E-state index contributed by atoms with van der Waals surface area (Å²) < 4.78 is 25.3. The molecule has 1 aromatic rings. The highest BCUT2D eigenvalue weighted by Crippen LogP contribution is 2.22. The quantitative estimate of drug-likeness (QED) is 0.464. The third-order valence-corrected chi connectivity index (χ3v) is 3.57. The van der Waals surface area contributed by atoms with Gasteiger partial charge in [-0.3, -0.25) is 10.1 Å². The Kier molecular flexibility index (Phi) is 4.53. The molecule has 0 aromatic heterocycles. The number of nitro benzene ring substituents is 1. The van der Waals surface area contributed by atoms with Crippen molar-refractivity contribution in [3.8, 4) is 0 Å². The van der Waals surface area contributed by atoms with E-state index in [4.69, 9.17) is 10.2 Å². The maximum absolute atomic E-state index is 11.8. The molecule has 3 N–H and O–H groups in total. The predicted octanol–water partition coefficient (Wildman–Crippen LogP) is -0.681. The van der Waals surface area contributed by atoms with Crippen LogP contribution in [0.1, 0.15) is 0 Å². The van der Waals surface area contributed by atoms with Gasteiger partial charge in [0.15, 0.2) is 11.0 Å². The first-order valence-corrected chi connectivity index (χ1v) is 6.38. The van der Waals surface area contributed by atoms with E-state index in [0.29, 0.717) is 0 Å². The summed E-state index contributed by atoms with van der Waals surface area (Å²) in [6.45, 7) is -0.788. The molecule has 0 fully saturated rings. The minimum Gasteiger partial charge on any atom is -0.479 e. The van der Waals surface area contributed by atoms with Gasteiger partial charge in [-0.2, -0.15) is 0 Å². The molecule has 19 heavy (non-hydrogen) atoms. The van der Waals surface area contributed by atoms with E-state index in [0.717, 1.165) is 12.1 Å². The van der Waals surface area contributed by atoms with Crippen molar-refractivity contribution in [3.05, 3.63) is 34.4 Å². The molecule has 0 radical (unpaired) electrons. The van der Waals surface area contributed by atoms with E-state index in [-0.39, 0.29) is 0 Å². The first-order valence-electron chi connectivity index (χ1n) is 4.89. The largest absolute Gasteiger partial charge is 0.479 e. The van der Waals surface area contributed by atoms with E-state index >= 15 is 0 Å². The summed E-state index contributed by atoms with van der Waals surface area (Å²) in [6.07, 6.45) is -1.93. The smallest absolute Gasteiger partial charge is 0.333 e. The number of aliphatic hydroxyl groups excluding tert-OH is 1. The lowest BCUT2D eigenvalue weighted by molar-refractivity contribution is -0.387. The Morgan fingerprint density at radius 3 is 2.53 bits per heavy atom. The number of para-hydroxylation sites is 1. The molecular weight excluding hydrogens is 280 g/mol. The summed E-state index contributed by atoms with van der Waals surface area (Å²) in [7, 11) is -4.28. The van der Waals surface area contributed by atoms with Crippen molar-refractivity contribution in [2.45, 2.75) is 11.0 Å². The topological polar surface area (TPSA) is 147 Å². The lowest BCUT2D eigenvalue weighted by Gasteiger charge is -2.08. The molecule has 0 aliphatic rings. The van der Waals surface area contributed by atoms with E-state index in [1.165, 1.54) is 12.1 Å². The molecule has 1 unspecified atom stereocenters. The summed E-state index contributed by atoms with van der Waals surface area (Å²) in [6, 6.07) is 4.59. The van der Waals surface area contributed by atoms with Gasteiger partial charge < -0.3 is 10.2 Å². The molecule has 0 saturated carbocycles. The third kappa shape index (κ3) is 3.71. The number of benzene rings is 1. The number of hydrogen-bond donors (Lipinski definition) is 3. The predicted molar refractivity (Wildman–Crippen MR) is 61.9 cm³/mol. The van der Waals surface area contributed by atoms with Gasteiger partial charge in [0, 0.05) is 12.6 Å². The maximum Gasteiger partial charge on any atom is 0.333 e. The van der Waals surface area contributed by atoms with Crippen LogP contribution in [-0.4, -0.2) is 42.2 Å². The number of nitro groups is 1. The Hall–Kier alpha value is -2.04. The molecule has 0 amide bonds. The highest BCUT2D eigenvalue weighted by Gasteiger charge is 2.26. The van der Waals surface area contributed by atoms with Crippen molar-refractivity contribution in [2.24, 2.45) is 0 Å². The number of carboxylic acid groups (broad SMARTS) is 1. The van der Waals surface area contributed by atoms with Crippen LogP contribution in [-0.2, 0) is 14.8 Å². The van der Waals surface area contributed by atoms with Gasteiger partial charge in [-0.25, -0.2) is 17.9 Å². The second-order valence-corrected chi connectivity index (χ2v) is 5.17. The average molecular weight is 290 g/mol. The van der Waals surface area contributed by atoms with E-state index in [1.54, 1.807) is 4.72 Å². The molecule has 10 heteroatoms. The number of aliphatic hydroxyl groups is 1. The van der Waals surface area contributed by atoms with Crippen molar-refractivity contribution in [3.63, 3.8) is 0 Å². The third-order valence-electron chi connectivity index (χ3n) is 2.10. The number of carboxylic acids is 1. The molecule has 0 bridgehead atoms. The number of nitrogens with zero attached hydrogens (tertiary/aromatic N) is 1. The second-order valence-electron chi connectivity index (χ2n) is 3.43. The van der Waals surface area contributed by atoms with E-state index < -0.39 is 44.1 Å². The average Bonchev–Trinajstić information content (AvgIpc) is 2.35. The first-order chi connectivity index (χ1) is 8.75. The standard InChI is InChI=1S/C9H10N2O7S/c12-7(9(13)14)5-10-19(17,18)8-4-2-1-3-6(8)11(15)16/h1-4,7,10,12H,5H2,(H,13,14). The normalized spacial score (nSPS) is 12.9. The van der Waals surface area contributed by atoms with Gasteiger partial charge >= 0.3 is 5.97 Å². The molecule has 0 aliphatic carbocycles. The monoisotopic (exact) mass is 290 g/mol. The number of rotatable bonds is 6. The fourth-order valence-corrected chi connectivity index (χ4v) is 2.40. The zero-order chi connectivity index (χ0) is 14.6. The van der Waals surface area contributed by atoms with Gasteiger partial charge in [0.25, 0.3) is 5.69 Å². The van der Waals surface area contributed by atoms with Crippen LogP contribution in [0.3, 0.4) is 0 Å². The van der Waals surface area contributed by atoms with Crippen LogP contribution in [0.2, 0.25) is 0 Å². The summed E-state index contributed by atoms with van der Waals surface area (Å²) in [5, 5.41) is 28.0. The Labute approximate surface area is 107 Å². The number of sulfonamides is 1. The summed E-state index contributed by atoms with van der Waals surface area (Å²) in [4.78, 5) is 19.5. The van der Waals surface area contributed by atoms with Gasteiger partial charge in [-0.15, -0.1) is 0 Å². The van der Waals surface area contributed by atoms with Crippen molar-refractivity contribution in [1.82, 2.24) is 4.72 Å². The zero-order valence-electron chi connectivity index (χ0n) is 9.38. The van der Waals surface area contributed by atoms with Crippen LogP contribution in [0.25, 0.3) is 0 Å². The molecule has 104 valence electrons. The summed E-state index contributed by atoms with van der Waals surface area (Å²) in [5.41, 5.74) is -0.639. The van der Waals surface area contributed by atoms with Gasteiger partial charge in [-0.05, 0) is 6.07 Å². The van der Waals surface area contributed by atoms with Crippen molar-refractivity contribution in [2.75, 3.05) is 6.54 Å². The lowest BCUT2D eigenvalue weighted by Crippen LogP contribution is -2.36. The number of hydrogen-bond acceptors (Lipinski definition) is 6. The minimum absolute atomic E-state index is 0.599. The molecule has 0 aliphatic heterocycles. The van der Waals surface area contributed by atoms with Crippen LogP contribution in [0, 0.1) is 10.1 Å². The van der Waals surface area contributed by atoms with E-state index in [9.17, 15) is 23.3 Å². The minimum atomic E-state index is -4.28. The van der Waals surface area contributed by atoms with Gasteiger partial charge in [-0.1, -0.05) is 12.1 Å². The highest BCUT2D eigenvalue weighted by molar-refractivity contribution is 7.89. The number of aliphatic carboxylic acids is 1. The fraction of sp³-hybridized carbons (Fsp3) is 0.222. The van der Waals surface area contributed by atoms with E-state index in [2.05, 4.69) is 0 Å². The highest BCUT2D eigenvalue weighted by atomic mass is 32.2. The lowest BCUT2D eigenvalue weighted by atomic mass is 10.3. The van der Waals surface area contributed by atoms with Crippen LogP contribution in [0.15, 0.2) is 29.2 Å². The Balaban J connectivity index is 3.01. The number of nitrogens with one attached hydrogen (secondary N) is 1. The number of carbonyl (C=O) groups is 1. The van der Waals surface area contributed by atoms with Gasteiger partial charge in [0.05, 0.1) is 4.92 Å². The SMILES string of the molecule is O=C(O)C(O)CNS(=O)(=O)c1ccccc1[N+](=O)[O-]. The van der Waals surface area contributed by atoms with Crippen LogP contribution >= 0.6 is 0 Å². The Morgan fingerprint density at radius 1 is 1.42 bits per heavy atom. The molecule has 9 nitrogen and oxygen atoms in total. The maximum atomic E-state index is 11.8. The molecule has 1 atom stereocenters. The van der Waals surface area contributed by atoms with Crippen LogP contribution in [0.5, 0.6) is 0 Å². The zero-order valence-corrected chi connectivity index (χ0v) is 10.2. The molecule has 1 rings (SSSR count).